The van der Waals surface area contributed by atoms with Crippen LogP contribution in [0.25, 0.3) is 0 Å². The smallest absolute Gasteiger partial charge is 0.243 e. The Labute approximate surface area is 83.3 Å². The maximum Gasteiger partial charge on any atom is 0.372 e. The second-order valence-electron chi connectivity index (χ2n) is 2.46. The molecule has 0 aromatic carbocycles. The quantitative estimate of drug-likeness (QED) is 0.630. The van der Waals surface area contributed by atoms with Crippen LogP contribution in [0.4, 0.5) is 4.79 Å². The van der Waals surface area contributed by atoms with Gasteiger partial charge in [0, 0.05) is 0 Å². The van der Waals surface area contributed by atoms with E-state index in [0.29, 0.717) is 5.82 Å². The molecule has 2 rings (SSSR count). The van der Waals surface area contributed by atoms with E-state index in [2.05, 4.69) is 20.2 Å². The average molecular weight is 213 g/mol. The van der Waals surface area contributed by atoms with E-state index in [-0.39, 0.29) is 5.28 Å². The first-order chi connectivity index (χ1) is 6.68. The third-order valence-corrected chi connectivity index (χ3v) is 1.70. The molecule has 0 spiro atoms. The number of aryl methyl sites for hydroxylation is 1. The third kappa shape index (κ3) is 1.37. The largest absolute Gasteiger partial charge is 0.372 e. The zero-order chi connectivity index (χ0) is 10.1. The summed E-state index contributed by atoms with van der Waals surface area (Å²) in [6.07, 6.45) is 2.53. The van der Waals surface area contributed by atoms with Crippen molar-refractivity contribution in [3.63, 3.8) is 0 Å². The highest BCUT2D eigenvalue weighted by atomic mass is 35.5. The van der Waals surface area contributed by atoms with E-state index >= 15 is 0 Å². The first-order valence-electron chi connectivity index (χ1n) is 3.67. The molecule has 0 atom stereocenters. The van der Waals surface area contributed by atoms with Gasteiger partial charge in [-0.15, -0.1) is 5.10 Å². The molecule has 2 aromatic rings. The lowest BCUT2D eigenvalue weighted by Crippen LogP contribution is -2.22. The molecule has 0 unspecified atom stereocenters. The summed E-state index contributed by atoms with van der Waals surface area (Å²) in [7, 11) is 0. The summed E-state index contributed by atoms with van der Waals surface area (Å²) in [4.78, 5) is 19.0. The van der Waals surface area contributed by atoms with E-state index in [4.69, 9.17) is 11.6 Å². The van der Waals surface area contributed by atoms with Gasteiger partial charge in [-0.3, -0.25) is 0 Å². The minimum Gasteiger partial charge on any atom is -0.243 e. The van der Waals surface area contributed by atoms with Gasteiger partial charge in [-0.2, -0.15) is 14.5 Å². The summed E-state index contributed by atoms with van der Waals surface area (Å²) in [6, 6.07) is -0.473. The molecule has 72 valence electrons. The number of carbonyl (C=O) groups is 1. The molecule has 0 N–H and O–H groups in total. The Hall–Kier alpha value is -1.76. The molecule has 14 heavy (non-hydrogen) atoms. The third-order valence-electron chi connectivity index (χ3n) is 1.54. The molecule has 0 fully saturated rings. The summed E-state index contributed by atoms with van der Waals surface area (Å²) in [6.45, 7) is 1.62. The van der Waals surface area contributed by atoms with Gasteiger partial charge in [0.2, 0.25) is 5.28 Å². The van der Waals surface area contributed by atoms with Gasteiger partial charge in [0.1, 0.15) is 18.5 Å². The molecular formula is C6H5ClN6O. The molecular weight excluding hydrogens is 208 g/mol. The first kappa shape index (κ1) is 8.82. The number of halogens is 1. The Kier molecular flexibility index (Phi) is 2.01. The van der Waals surface area contributed by atoms with Crippen LogP contribution in [0.5, 0.6) is 0 Å². The average Bonchev–Trinajstić information content (AvgIpc) is 2.73. The van der Waals surface area contributed by atoms with Crippen molar-refractivity contribution in [2.45, 2.75) is 6.92 Å². The van der Waals surface area contributed by atoms with Crippen molar-refractivity contribution < 1.29 is 4.79 Å². The van der Waals surface area contributed by atoms with Crippen molar-refractivity contribution in [1.82, 2.24) is 29.5 Å². The van der Waals surface area contributed by atoms with Crippen molar-refractivity contribution in [2.24, 2.45) is 0 Å². The number of nitrogens with zero attached hydrogens (tertiary/aromatic N) is 6. The zero-order valence-corrected chi connectivity index (χ0v) is 7.88. The van der Waals surface area contributed by atoms with Gasteiger partial charge in [-0.1, -0.05) is 0 Å². The molecule has 0 aliphatic heterocycles. The van der Waals surface area contributed by atoms with E-state index < -0.39 is 6.03 Å². The molecule has 2 aromatic heterocycles. The molecule has 0 saturated heterocycles. The Morgan fingerprint density at radius 1 is 1.57 bits per heavy atom. The fraction of sp³-hybridized carbons (Fsp3) is 0.167. The van der Waals surface area contributed by atoms with Gasteiger partial charge < -0.3 is 0 Å². The van der Waals surface area contributed by atoms with Gasteiger partial charge in [-0.05, 0) is 18.5 Å². The lowest BCUT2D eigenvalue weighted by molar-refractivity contribution is 0.237. The van der Waals surface area contributed by atoms with E-state index in [0.717, 1.165) is 9.36 Å². The van der Waals surface area contributed by atoms with Crippen LogP contribution in [0.2, 0.25) is 5.28 Å². The molecule has 0 radical (unpaired) electrons. The molecule has 0 bridgehead atoms. The minimum absolute atomic E-state index is 0.0240. The van der Waals surface area contributed by atoms with Crippen LogP contribution in [0, 0.1) is 6.92 Å². The van der Waals surface area contributed by atoms with Crippen LogP contribution < -0.4 is 0 Å². The van der Waals surface area contributed by atoms with Gasteiger partial charge in [0.05, 0.1) is 0 Å². The molecule has 0 saturated carbocycles. The Bertz CT molecular complexity index is 461. The highest BCUT2D eigenvalue weighted by Gasteiger charge is 2.13. The van der Waals surface area contributed by atoms with Crippen molar-refractivity contribution in [2.75, 3.05) is 0 Å². The van der Waals surface area contributed by atoms with Gasteiger partial charge >= 0.3 is 6.03 Å². The topological polar surface area (TPSA) is 78.5 Å². The van der Waals surface area contributed by atoms with E-state index in [1.54, 1.807) is 6.92 Å². The van der Waals surface area contributed by atoms with Crippen LogP contribution >= 0.6 is 11.6 Å². The van der Waals surface area contributed by atoms with Crippen LogP contribution in [-0.2, 0) is 0 Å². The zero-order valence-electron chi connectivity index (χ0n) is 7.12. The molecule has 0 amide bonds. The summed E-state index contributed by atoms with van der Waals surface area (Å²) in [5.41, 5.74) is 0. The van der Waals surface area contributed by atoms with E-state index in [1.165, 1.54) is 12.7 Å². The van der Waals surface area contributed by atoms with Crippen LogP contribution in [-0.4, -0.2) is 35.6 Å². The predicted molar refractivity (Wildman–Crippen MR) is 46.0 cm³/mol. The van der Waals surface area contributed by atoms with E-state index in [9.17, 15) is 4.79 Å². The normalized spacial score (nSPS) is 10.4. The maximum absolute atomic E-state index is 11.6. The Morgan fingerprint density at radius 3 is 2.86 bits per heavy atom. The highest BCUT2D eigenvalue weighted by Crippen LogP contribution is 2.03. The first-order valence-corrected chi connectivity index (χ1v) is 4.05. The Morgan fingerprint density at radius 2 is 2.36 bits per heavy atom. The number of hydrogen-bond acceptors (Lipinski definition) is 5. The molecule has 2 heterocycles. The van der Waals surface area contributed by atoms with Gasteiger partial charge in [0.15, 0.2) is 0 Å². The number of carbonyl (C=O) groups excluding carboxylic acids is 1. The summed E-state index contributed by atoms with van der Waals surface area (Å²) >= 11 is 5.53. The number of hydrogen-bond donors (Lipinski definition) is 0. The standard InChI is InChI=1S/C6H5ClN6O/c1-4-10-5(7)11-13(4)6(14)12-3-8-2-9-12/h2-3H,1H3. The number of rotatable bonds is 0. The summed E-state index contributed by atoms with van der Waals surface area (Å²) in [5.74, 6) is 0.399. The SMILES string of the molecule is Cc1nc(Cl)nn1C(=O)n1cncn1. The van der Waals surface area contributed by atoms with Crippen molar-refractivity contribution in [1.29, 1.82) is 0 Å². The van der Waals surface area contributed by atoms with Crippen LogP contribution in [0.1, 0.15) is 5.82 Å². The highest BCUT2D eigenvalue weighted by molar-refractivity contribution is 6.28. The second kappa shape index (κ2) is 3.18. The van der Waals surface area contributed by atoms with Crippen molar-refractivity contribution in [3.8, 4) is 0 Å². The fourth-order valence-electron chi connectivity index (χ4n) is 0.943. The van der Waals surface area contributed by atoms with E-state index in [1.807, 2.05) is 0 Å². The monoisotopic (exact) mass is 212 g/mol. The van der Waals surface area contributed by atoms with Crippen molar-refractivity contribution >= 4 is 17.6 Å². The molecule has 0 aliphatic carbocycles. The summed E-state index contributed by atoms with van der Waals surface area (Å²) < 4.78 is 2.09. The minimum atomic E-state index is -0.473. The van der Waals surface area contributed by atoms with Gasteiger partial charge in [0.25, 0.3) is 0 Å². The number of aromatic nitrogens is 6. The predicted octanol–water partition coefficient (Wildman–Crippen LogP) is 0.348. The fourth-order valence-corrected chi connectivity index (χ4v) is 1.14. The van der Waals surface area contributed by atoms with Crippen LogP contribution in [0.15, 0.2) is 12.7 Å². The van der Waals surface area contributed by atoms with Gasteiger partial charge in [-0.25, -0.2) is 14.8 Å². The molecule has 7 nitrogen and oxygen atoms in total. The maximum atomic E-state index is 11.6. The second-order valence-corrected chi connectivity index (χ2v) is 2.80. The molecule has 8 heteroatoms. The van der Waals surface area contributed by atoms with Crippen molar-refractivity contribution in [3.05, 3.63) is 23.8 Å². The Balaban J connectivity index is 2.41. The lowest BCUT2D eigenvalue weighted by Gasteiger charge is -1.98. The van der Waals surface area contributed by atoms with Crippen LogP contribution in [0.3, 0.4) is 0 Å². The molecule has 0 aliphatic rings. The lowest BCUT2D eigenvalue weighted by atomic mass is 10.7. The summed E-state index contributed by atoms with van der Waals surface area (Å²) in [5, 5.41) is 7.39.